The number of rotatable bonds is 3. The topological polar surface area (TPSA) is 67.2 Å². The van der Waals surface area contributed by atoms with Crippen LogP contribution in [0.5, 0.6) is 0 Å². The zero-order valence-electron chi connectivity index (χ0n) is 8.96. The molecule has 1 aliphatic heterocycles. The molecule has 0 spiro atoms. The lowest BCUT2D eigenvalue weighted by Crippen LogP contribution is -2.53. The van der Waals surface area contributed by atoms with E-state index in [1.54, 1.807) is 0 Å². The van der Waals surface area contributed by atoms with Gasteiger partial charge in [0, 0.05) is 12.1 Å². The molecule has 2 rings (SSSR count). The molecular formula is C10H15N3O2. The minimum Gasteiger partial charge on any atom is -0.361 e. The van der Waals surface area contributed by atoms with Gasteiger partial charge in [-0.3, -0.25) is 4.79 Å². The van der Waals surface area contributed by atoms with Crippen LogP contribution in [0.25, 0.3) is 0 Å². The maximum atomic E-state index is 11.5. The molecule has 1 saturated heterocycles. The van der Waals surface area contributed by atoms with E-state index < -0.39 is 0 Å². The zero-order chi connectivity index (χ0) is 10.8. The molecule has 1 aliphatic rings. The first-order valence-corrected chi connectivity index (χ1v) is 5.11. The van der Waals surface area contributed by atoms with Crippen LogP contribution < -0.4 is 10.6 Å². The van der Waals surface area contributed by atoms with Crippen molar-refractivity contribution in [2.45, 2.75) is 32.9 Å². The molecule has 0 saturated carbocycles. The molecule has 0 unspecified atom stereocenters. The lowest BCUT2D eigenvalue weighted by Gasteiger charge is -2.26. The van der Waals surface area contributed by atoms with Crippen molar-refractivity contribution < 1.29 is 9.32 Å². The number of nitrogens with zero attached hydrogens (tertiary/aromatic N) is 1. The molecule has 0 aromatic carbocycles. The summed E-state index contributed by atoms with van der Waals surface area (Å²) in [4.78, 5) is 11.5. The van der Waals surface area contributed by atoms with Crippen molar-refractivity contribution in [2.75, 3.05) is 6.54 Å². The number of hydrogen-bond acceptors (Lipinski definition) is 4. The molecule has 2 N–H and O–H groups in total. The van der Waals surface area contributed by atoms with Crippen LogP contribution in [-0.4, -0.2) is 23.7 Å². The van der Waals surface area contributed by atoms with Crippen molar-refractivity contribution in [3.05, 3.63) is 17.0 Å². The lowest BCUT2D eigenvalue weighted by molar-refractivity contribution is -0.124. The summed E-state index contributed by atoms with van der Waals surface area (Å²) in [7, 11) is 0. The molecule has 0 bridgehead atoms. The van der Waals surface area contributed by atoms with E-state index in [1.165, 1.54) is 0 Å². The molecule has 1 fully saturated rings. The maximum Gasteiger partial charge on any atom is 0.237 e. The summed E-state index contributed by atoms with van der Waals surface area (Å²) < 4.78 is 5.01. The van der Waals surface area contributed by atoms with Gasteiger partial charge in [0.1, 0.15) is 5.76 Å². The standard InChI is InChI=1S/C10H15N3O2/c1-6-8(7(2)15-13-6)5-12-10(14)9-3-4-11-9/h9,11H,3-5H2,1-2H3,(H,12,14)/t9-/m1/s1. The smallest absolute Gasteiger partial charge is 0.237 e. The van der Waals surface area contributed by atoms with E-state index in [2.05, 4.69) is 15.8 Å². The highest BCUT2D eigenvalue weighted by Gasteiger charge is 2.24. The monoisotopic (exact) mass is 209 g/mol. The van der Waals surface area contributed by atoms with E-state index in [-0.39, 0.29) is 11.9 Å². The fourth-order valence-corrected chi connectivity index (χ4v) is 1.57. The van der Waals surface area contributed by atoms with Gasteiger partial charge in [-0.1, -0.05) is 5.16 Å². The summed E-state index contributed by atoms with van der Waals surface area (Å²) >= 11 is 0. The quantitative estimate of drug-likeness (QED) is 0.749. The predicted octanol–water partition coefficient (Wildman–Crippen LogP) is 0.270. The normalized spacial score (nSPS) is 19.7. The Kier molecular flexibility index (Phi) is 2.73. The van der Waals surface area contributed by atoms with Gasteiger partial charge in [0.2, 0.25) is 5.91 Å². The third kappa shape index (κ3) is 2.02. The van der Waals surface area contributed by atoms with E-state index in [4.69, 9.17) is 4.52 Å². The summed E-state index contributed by atoms with van der Waals surface area (Å²) in [6.07, 6.45) is 0.924. The molecule has 82 valence electrons. The third-order valence-corrected chi connectivity index (χ3v) is 2.76. The molecule has 1 amide bonds. The SMILES string of the molecule is Cc1noc(C)c1CNC(=O)[C@H]1CCN1. The Labute approximate surface area is 88.2 Å². The molecule has 5 nitrogen and oxygen atoms in total. The number of hydrogen-bond donors (Lipinski definition) is 2. The number of carbonyl (C=O) groups excluding carboxylic acids is 1. The van der Waals surface area contributed by atoms with Crippen molar-refractivity contribution >= 4 is 5.91 Å². The van der Waals surface area contributed by atoms with E-state index >= 15 is 0 Å². The van der Waals surface area contributed by atoms with Gasteiger partial charge >= 0.3 is 0 Å². The minimum absolute atomic E-state index is 0.00882. The van der Waals surface area contributed by atoms with Crippen LogP contribution in [0.2, 0.25) is 0 Å². The number of nitrogens with one attached hydrogen (secondary N) is 2. The predicted molar refractivity (Wildman–Crippen MR) is 54.2 cm³/mol. The first-order chi connectivity index (χ1) is 7.18. The van der Waals surface area contributed by atoms with Crippen LogP contribution in [0.3, 0.4) is 0 Å². The lowest BCUT2D eigenvalue weighted by atomic mass is 10.1. The molecule has 2 heterocycles. The van der Waals surface area contributed by atoms with Crippen molar-refractivity contribution in [1.29, 1.82) is 0 Å². The van der Waals surface area contributed by atoms with E-state index in [9.17, 15) is 4.79 Å². The molecule has 1 aromatic heterocycles. The van der Waals surface area contributed by atoms with Gasteiger partial charge in [0.15, 0.2) is 0 Å². The second-order valence-electron chi connectivity index (χ2n) is 3.82. The van der Waals surface area contributed by atoms with Gasteiger partial charge in [0.05, 0.1) is 11.7 Å². The average Bonchev–Trinajstić information content (AvgIpc) is 2.41. The number of carbonyl (C=O) groups is 1. The summed E-state index contributed by atoms with van der Waals surface area (Å²) in [6, 6.07) is -0.00882. The van der Waals surface area contributed by atoms with Crippen LogP contribution in [0.15, 0.2) is 4.52 Å². The Morgan fingerprint density at radius 3 is 2.87 bits per heavy atom. The maximum absolute atomic E-state index is 11.5. The first-order valence-electron chi connectivity index (χ1n) is 5.11. The van der Waals surface area contributed by atoms with Crippen LogP contribution in [0.4, 0.5) is 0 Å². The Morgan fingerprint density at radius 1 is 1.67 bits per heavy atom. The number of aromatic nitrogens is 1. The Hall–Kier alpha value is -1.36. The molecule has 0 aliphatic carbocycles. The Morgan fingerprint density at radius 2 is 2.40 bits per heavy atom. The zero-order valence-corrected chi connectivity index (χ0v) is 8.96. The number of amides is 1. The first kappa shape index (κ1) is 10.2. The highest BCUT2D eigenvalue weighted by atomic mass is 16.5. The highest BCUT2D eigenvalue weighted by molar-refractivity contribution is 5.82. The van der Waals surface area contributed by atoms with Gasteiger partial charge in [-0.25, -0.2) is 0 Å². The van der Waals surface area contributed by atoms with Crippen molar-refractivity contribution in [1.82, 2.24) is 15.8 Å². The van der Waals surface area contributed by atoms with Crippen LogP contribution in [0.1, 0.15) is 23.4 Å². The second kappa shape index (κ2) is 4.02. The van der Waals surface area contributed by atoms with Crippen LogP contribution in [-0.2, 0) is 11.3 Å². The third-order valence-electron chi connectivity index (χ3n) is 2.76. The van der Waals surface area contributed by atoms with Gasteiger partial charge < -0.3 is 15.2 Å². The fourth-order valence-electron chi connectivity index (χ4n) is 1.57. The summed E-state index contributed by atoms with van der Waals surface area (Å²) in [5.74, 6) is 0.829. The summed E-state index contributed by atoms with van der Waals surface area (Å²) in [5, 5.41) is 9.75. The average molecular weight is 209 g/mol. The van der Waals surface area contributed by atoms with E-state index in [0.29, 0.717) is 6.54 Å². The Balaban J connectivity index is 1.89. The Bertz CT molecular complexity index is 349. The summed E-state index contributed by atoms with van der Waals surface area (Å²) in [6.45, 7) is 5.16. The molecule has 1 atom stereocenters. The number of aryl methyl sites for hydroxylation is 2. The summed E-state index contributed by atoms with van der Waals surface area (Å²) in [5.41, 5.74) is 1.82. The van der Waals surface area contributed by atoms with Crippen molar-refractivity contribution in [3.8, 4) is 0 Å². The molecule has 0 radical (unpaired) electrons. The minimum atomic E-state index is -0.00882. The van der Waals surface area contributed by atoms with E-state index in [1.807, 2.05) is 13.8 Å². The van der Waals surface area contributed by atoms with Gasteiger partial charge in [-0.2, -0.15) is 0 Å². The largest absolute Gasteiger partial charge is 0.361 e. The molecule has 15 heavy (non-hydrogen) atoms. The molecule has 5 heteroatoms. The van der Waals surface area contributed by atoms with Gasteiger partial charge in [-0.15, -0.1) is 0 Å². The van der Waals surface area contributed by atoms with E-state index in [0.717, 1.165) is 30.0 Å². The molecular weight excluding hydrogens is 194 g/mol. The van der Waals surface area contributed by atoms with Crippen LogP contribution in [0, 0.1) is 13.8 Å². The van der Waals surface area contributed by atoms with Gasteiger partial charge in [0.25, 0.3) is 0 Å². The fraction of sp³-hybridized carbons (Fsp3) is 0.600. The van der Waals surface area contributed by atoms with Crippen molar-refractivity contribution in [2.24, 2.45) is 0 Å². The molecule has 1 aromatic rings. The highest BCUT2D eigenvalue weighted by Crippen LogP contribution is 2.11. The second-order valence-corrected chi connectivity index (χ2v) is 3.82. The van der Waals surface area contributed by atoms with Gasteiger partial charge in [-0.05, 0) is 26.8 Å². The van der Waals surface area contributed by atoms with Crippen LogP contribution >= 0.6 is 0 Å². The van der Waals surface area contributed by atoms with Crippen molar-refractivity contribution in [3.63, 3.8) is 0 Å².